The quantitative estimate of drug-likeness (QED) is 0.588. The smallest absolute Gasteiger partial charge is 0.333 e. The summed E-state index contributed by atoms with van der Waals surface area (Å²) in [5.74, 6) is -0.977. The van der Waals surface area contributed by atoms with Crippen LogP contribution in [0.4, 0.5) is 0 Å². The molecule has 1 aliphatic heterocycles. The average Bonchev–Trinajstić information content (AvgIpc) is 2.39. The van der Waals surface area contributed by atoms with Gasteiger partial charge in [-0.25, -0.2) is 4.79 Å². The van der Waals surface area contributed by atoms with Crippen molar-refractivity contribution in [3.05, 3.63) is 12.2 Å². The van der Waals surface area contributed by atoms with E-state index in [0.29, 0.717) is 17.9 Å². The molecule has 1 heterocycles. The molecule has 2 fully saturated rings. The van der Waals surface area contributed by atoms with Crippen LogP contribution in [0.1, 0.15) is 33.6 Å². The third-order valence-electron chi connectivity index (χ3n) is 3.65. The number of esters is 1. The molecule has 1 N–H and O–H groups in total. The van der Waals surface area contributed by atoms with Gasteiger partial charge in [-0.3, -0.25) is 0 Å². The van der Waals surface area contributed by atoms with Gasteiger partial charge >= 0.3 is 5.97 Å². The molecule has 4 nitrogen and oxygen atoms in total. The Balaban J connectivity index is 2.11. The summed E-state index contributed by atoms with van der Waals surface area (Å²) in [6.07, 6.45) is 0.998. The summed E-state index contributed by atoms with van der Waals surface area (Å²) < 4.78 is 11.0. The fourth-order valence-electron chi connectivity index (χ4n) is 2.94. The zero-order chi connectivity index (χ0) is 12.8. The van der Waals surface area contributed by atoms with E-state index in [2.05, 4.69) is 13.5 Å². The van der Waals surface area contributed by atoms with E-state index in [9.17, 15) is 9.90 Å². The second-order valence-corrected chi connectivity index (χ2v) is 5.58. The van der Waals surface area contributed by atoms with Crippen molar-refractivity contribution in [2.45, 2.75) is 51.6 Å². The summed E-state index contributed by atoms with van der Waals surface area (Å²) in [5.41, 5.74) is 0.398. The van der Waals surface area contributed by atoms with Crippen molar-refractivity contribution in [1.29, 1.82) is 0 Å². The molecule has 0 aromatic carbocycles. The van der Waals surface area contributed by atoms with Crippen molar-refractivity contribution in [2.75, 3.05) is 0 Å². The van der Waals surface area contributed by atoms with Crippen molar-refractivity contribution in [2.24, 2.45) is 11.8 Å². The van der Waals surface area contributed by atoms with E-state index < -0.39 is 5.79 Å². The fraction of sp³-hybridized carbons (Fsp3) is 0.769. The highest BCUT2D eigenvalue weighted by Gasteiger charge is 2.53. The molecule has 2 bridgehead atoms. The van der Waals surface area contributed by atoms with Gasteiger partial charge in [0.05, 0.1) is 0 Å². The predicted molar refractivity (Wildman–Crippen MR) is 62.1 cm³/mol. The Morgan fingerprint density at radius 2 is 2.24 bits per heavy atom. The molecule has 0 radical (unpaired) electrons. The van der Waals surface area contributed by atoms with Gasteiger partial charge in [0.1, 0.15) is 12.2 Å². The second-order valence-electron chi connectivity index (χ2n) is 5.58. The Morgan fingerprint density at radius 1 is 1.59 bits per heavy atom. The Bertz CT molecular complexity index is 347. The molecule has 4 heteroatoms. The molecule has 1 saturated carbocycles. The Morgan fingerprint density at radius 3 is 2.76 bits per heavy atom. The summed E-state index contributed by atoms with van der Waals surface area (Å²) in [7, 11) is 0. The number of aliphatic hydroxyl groups is 1. The average molecular weight is 240 g/mol. The van der Waals surface area contributed by atoms with Crippen molar-refractivity contribution >= 4 is 5.97 Å². The first-order valence-corrected chi connectivity index (χ1v) is 6.07. The third kappa shape index (κ3) is 2.38. The van der Waals surface area contributed by atoms with E-state index in [-0.39, 0.29) is 24.1 Å². The molecule has 0 spiro atoms. The molecule has 1 aliphatic carbocycles. The van der Waals surface area contributed by atoms with Gasteiger partial charge < -0.3 is 14.6 Å². The Labute approximate surface area is 102 Å². The highest BCUT2D eigenvalue weighted by atomic mass is 16.7. The van der Waals surface area contributed by atoms with Gasteiger partial charge in [-0.2, -0.15) is 0 Å². The lowest BCUT2D eigenvalue weighted by atomic mass is 9.93. The van der Waals surface area contributed by atoms with E-state index in [1.165, 1.54) is 0 Å². The molecular weight excluding hydrogens is 220 g/mol. The van der Waals surface area contributed by atoms with Gasteiger partial charge in [-0.1, -0.05) is 13.5 Å². The van der Waals surface area contributed by atoms with Crippen LogP contribution in [0.2, 0.25) is 0 Å². The summed E-state index contributed by atoms with van der Waals surface area (Å²) in [4.78, 5) is 11.6. The number of fused-ring (bicyclic) bond motifs is 2. The topological polar surface area (TPSA) is 55.8 Å². The first-order valence-electron chi connectivity index (χ1n) is 6.07. The zero-order valence-corrected chi connectivity index (χ0v) is 10.6. The van der Waals surface area contributed by atoms with Crippen molar-refractivity contribution in [1.82, 2.24) is 0 Å². The SMILES string of the molecule is C=C(C)C(=O)OC1C2CC(C)C1OC(C)(O)C2. The lowest BCUT2D eigenvalue weighted by Crippen LogP contribution is -2.48. The maximum atomic E-state index is 11.6. The van der Waals surface area contributed by atoms with Crippen molar-refractivity contribution in [3.8, 4) is 0 Å². The van der Waals surface area contributed by atoms with Crippen molar-refractivity contribution < 1.29 is 19.4 Å². The molecule has 2 aliphatic rings. The van der Waals surface area contributed by atoms with Crippen LogP contribution in [0.15, 0.2) is 12.2 Å². The summed E-state index contributed by atoms with van der Waals surface area (Å²) in [5, 5.41) is 9.95. The third-order valence-corrected chi connectivity index (χ3v) is 3.65. The van der Waals surface area contributed by atoms with Crippen LogP contribution in [0, 0.1) is 11.8 Å². The first kappa shape index (κ1) is 12.6. The van der Waals surface area contributed by atoms with Crippen LogP contribution >= 0.6 is 0 Å². The van der Waals surface area contributed by atoms with Crippen molar-refractivity contribution in [3.63, 3.8) is 0 Å². The molecule has 2 rings (SSSR count). The number of hydrogen-bond acceptors (Lipinski definition) is 4. The summed E-state index contributed by atoms with van der Waals surface area (Å²) in [6.45, 7) is 8.94. The van der Waals surface area contributed by atoms with Gasteiger partial charge in [-0.15, -0.1) is 0 Å². The maximum Gasteiger partial charge on any atom is 0.333 e. The monoisotopic (exact) mass is 240 g/mol. The van der Waals surface area contributed by atoms with Crippen LogP contribution in [0.5, 0.6) is 0 Å². The standard InChI is InChI=1S/C13H20O4/c1-7(2)12(14)16-11-9-5-8(3)10(11)17-13(4,15)6-9/h8-11,15H,1,5-6H2,2-4H3. The number of carbonyl (C=O) groups is 1. The molecule has 5 unspecified atom stereocenters. The minimum Gasteiger partial charge on any atom is -0.456 e. The van der Waals surface area contributed by atoms with Gasteiger partial charge in [-0.05, 0) is 26.2 Å². The van der Waals surface area contributed by atoms with E-state index in [4.69, 9.17) is 9.47 Å². The van der Waals surface area contributed by atoms with Crippen LogP contribution in [-0.4, -0.2) is 29.1 Å². The molecule has 1 saturated heterocycles. The number of carbonyl (C=O) groups excluding carboxylic acids is 1. The molecule has 5 atom stereocenters. The van der Waals surface area contributed by atoms with Gasteiger partial charge in [0.2, 0.25) is 0 Å². The largest absolute Gasteiger partial charge is 0.456 e. The van der Waals surface area contributed by atoms with Gasteiger partial charge in [0.25, 0.3) is 0 Å². The van der Waals surface area contributed by atoms with Crippen LogP contribution in [-0.2, 0) is 14.3 Å². The number of rotatable bonds is 2. The van der Waals surface area contributed by atoms with Gasteiger partial charge in [0.15, 0.2) is 5.79 Å². The highest BCUT2D eigenvalue weighted by Crippen LogP contribution is 2.46. The Kier molecular flexibility index (Phi) is 3.04. The normalized spacial score (nSPS) is 44.5. The fourth-order valence-corrected chi connectivity index (χ4v) is 2.94. The van der Waals surface area contributed by atoms with Crippen LogP contribution in [0.25, 0.3) is 0 Å². The summed E-state index contributed by atoms with van der Waals surface area (Å²) >= 11 is 0. The molecule has 17 heavy (non-hydrogen) atoms. The van der Waals surface area contributed by atoms with E-state index in [1.807, 2.05) is 0 Å². The van der Waals surface area contributed by atoms with Crippen LogP contribution in [0.3, 0.4) is 0 Å². The lowest BCUT2D eigenvalue weighted by molar-refractivity contribution is -0.273. The molecular formula is C13H20O4. The maximum absolute atomic E-state index is 11.6. The zero-order valence-electron chi connectivity index (χ0n) is 10.6. The summed E-state index contributed by atoms with van der Waals surface area (Å²) in [6, 6.07) is 0. The number of ether oxygens (including phenoxy) is 2. The predicted octanol–water partition coefficient (Wildman–Crippen LogP) is 1.63. The second kappa shape index (κ2) is 4.10. The molecule has 96 valence electrons. The minimum atomic E-state index is -1.09. The molecule has 0 aromatic rings. The molecule has 0 amide bonds. The minimum absolute atomic E-state index is 0.182. The first-order chi connectivity index (χ1) is 7.80. The highest BCUT2D eigenvalue weighted by molar-refractivity contribution is 5.87. The lowest BCUT2D eigenvalue weighted by Gasteiger charge is -2.39. The molecule has 0 aromatic heterocycles. The Hall–Kier alpha value is -0.870. The van der Waals surface area contributed by atoms with Gasteiger partial charge in [0, 0.05) is 17.9 Å². The number of hydrogen-bond donors (Lipinski definition) is 1. The van der Waals surface area contributed by atoms with E-state index in [0.717, 1.165) is 6.42 Å². The van der Waals surface area contributed by atoms with Crippen LogP contribution < -0.4 is 0 Å². The van der Waals surface area contributed by atoms with E-state index >= 15 is 0 Å². The van der Waals surface area contributed by atoms with E-state index in [1.54, 1.807) is 13.8 Å².